The van der Waals surface area contributed by atoms with Gasteiger partial charge in [-0.15, -0.1) is 0 Å². The summed E-state index contributed by atoms with van der Waals surface area (Å²) in [6.45, 7) is 4.87. The number of hydrogen-bond acceptors (Lipinski definition) is 5. The largest absolute Gasteiger partial charge is 0.391 e. The summed E-state index contributed by atoms with van der Waals surface area (Å²) in [5.41, 5.74) is 4.96. The number of aryl methyl sites for hydroxylation is 2. The summed E-state index contributed by atoms with van der Waals surface area (Å²) in [4.78, 5) is 30.7. The second kappa shape index (κ2) is 6.92. The van der Waals surface area contributed by atoms with E-state index in [1.807, 2.05) is 32.0 Å². The highest BCUT2D eigenvalue weighted by Crippen LogP contribution is 2.24. The number of nitrogens with zero attached hydrogens (tertiary/aromatic N) is 4. The summed E-state index contributed by atoms with van der Waals surface area (Å²) in [7, 11) is 0. The van der Waals surface area contributed by atoms with Crippen molar-refractivity contribution >= 4 is 5.91 Å². The van der Waals surface area contributed by atoms with Gasteiger partial charge in [-0.1, -0.05) is 0 Å². The number of pyridine rings is 2. The lowest BCUT2D eigenvalue weighted by Crippen LogP contribution is -2.29. The van der Waals surface area contributed by atoms with Crippen LogP contribution in [0.4, 0.5) is 0 Å². The van der Waals surface area contributed by atoms with Crippen LogP contribution in [0.1, 0.15) is 28.2 Å². The van der Waals surface area contributed by atoms with Gasteiger partial charge in [0.25, 0.3) is 5.91 Å². The molecule has 0 saturated carbocycles. The molecule has 7 nitrogen and oxygen atoms in total. The number of amides is 1. The van der Waals surface area contributed by atoms with Crippen molar-refractivity contribution in [3.05, 3.63) is 53.7 Å². The fraction of sp³-hybridized carbons (Fsp3) is 0.300. The molecule has 2 N–H and O–H groups in total. The number of carbonyl (C=O) groups is 1. The first kappa shape index (κ1) is 17.4. The van der Waals surface area contributed by atoms with E-state index in [0.717, 1.165) is 34.0 Å². The zero-order valence-corrected chi connectivity index (χ0v) is 15.3. The molecule has 1 aliphatic heterocycles. The van der Waals surface area contributed by atoms with E-state index in [1.54, 1.807) is 23.5 Å². The zero-order valence-electron chi connectivity index (χ0n) is 15.3. The van der Waals surface area contributed by atoms with E-state index >= 15 is 0 Å². The molecule has 3 aromatic heterocycles. The Hall–Kier alpha value is -3.06. The van der Waals surface area contributed by atoms with Crippen LogP contribution >= 0.6 is 0 Å². The first-order chi connectivity index (χ1) is 13.0. The highest BCUT2D eigenvalue weighted by molar-refractivity contribution is 5.95. The molecule has 0 unspecified atom stereocenters. The third-order valence-electron chi connectivity index (χ3n) is 4.90. The third kappa shape index (κ3) is 3.46. The van der Waals surface area contributed by atoms with Crippen LogP contribution in [0, 0.1) is 13.8 Å². The van der Waals surface area contributed by atoms with Crippen LogP contribution in [-0.4, -0.2) is 55.0 Å². The maximum atomic E-state index is 12.7. The van der Waals surface area contributed by atoms with Gasteiger partial charge in [0.2, 0.25) is 0 Å². The minimum Gasteiger partial charge on any atom is -0.391 e. The van der Waals surface area contributed by atoms with Crippen molar-refractivity contribution in [3.63, 3.8) is 0 Å². The topological polar surface area (TPSA) is 95.0 Å². The van der Waals surface area contributed by atoms with Crippen molar-refractivity contribution in [1.82, 2.24) is 24.8 Å². The van der Waals surface area contributed by atoms with E-state index in [1.165, 1.54) is 0 Å². The number of β-amino-alcohol motifs (C(OH)–C–C–N with tert-alkyl or cyclic N) is 1. The number of imidazole rings is 1. The molecule has 0 bridgehead atoms. The quantitative estimate of drug-likeness (QED) is 0.745. The van der Waals surface area contributed by atoms with Crippen LogP contribution < -0.4 is 0 Å². The number of aliphatic hydroxyl groups is 1. The molecular formula is C20H21N5O2. The number of H-pyrrole nitrogens is 1. The van der Waals surface area contributed by atoms with Crippen molar-refractivity contribution in [2.24, 2.45) is 0 Å². The molecule has 1 amide bonds. The molecule has 3 aromatic rings. The molecule has 7 heteroatoms. The summed E-state index contributed by atoms with van der Waals surface area (Å²) in [6, 6.07) is 5.65. The van der Waals surface area contributed by atoms with Gasteiger partial charge < -0.3 is 15.0 Å². The molecule has 1 atom stereocenters. The highest BCUT2D eigenvalue weighted by atomic mass is 16.3. The van der Waals surface area contributed by atoms with Gasteiger partial charge in [0.05, 0.1) is 17.4 Å². The normalized spacial score (nSPS) is 16.7. The van der Waals surface area contributed by atoms with Crippen molar-refractivity contribution in [2.75, 3.05) is 13.1 Å². The van der Waals surface area contributed by atoms with Crippen molar-refractivity contribution in [1.29, 1.82) is 0 Å². The number of aromatic nitrogens is 4. The number of nitrogens with one attached hydrogen (secondary N) is 1. The summed E-state index contributed by atoms with van der Waals surface area (Å²) >= 11 is 0. The molecule has 0 radical (unpaired) electrons. The molecule has 4 heterocycles. The lowest BCUT2D eigenvalue weighted by Gasteiger charge is -2.15. The predicted molar refractivity (Wildman–Crippen MR) is 101 cm³/mol. The van der Waals surface area contributed by atoms with E-state index < -0.39 is 6.10 Å². The molecule has 1 fully saturated rings. The molecule has 4 rings (SSSR count). The van der Waals surface area contributed by atoms with Crippen LogP contribution in [0.3, 0.4) is 0 Å². The molecular weight excluding hydrogens is 342 g/mol. The van der Waals surface area contributed by atoms with Crippen molar-refractivity contribution in [3.8, 4) is 22.6 Å². The number of likely N-dealkylation sites (tertiary alicyclic amines) is 1. The van der Waals surface area contributed by atoms with E-state index in [9.17, 15) is 9.90 Å². The lowest BCUT2D eigenvalue weighted by atomic mass is 10.1. The summed E-state index contributed by atoms with van der Waals surface area (Å²) < 4.78 is 0. The standard InChI is InChI=1S/C20H21N5O2/c1-12-13(2)24-19(23-12)18-8-14(3-5-22-18)15-7-16(10-21-9-15)20(27)25-6-4-17(26)11-25/h3,5,7-10,17,26H,4,6,11H2,1-2H3,(H,23,24)/t17-/m1/s1. The molecule has 138 valence electrons. The fourth-order valence-electron chi connectivity index (χ4n) is 3.23. The maximum absolute atomic E-state index is 12.7. The highest BCUT2D eigenvalue weighted by Gasteiger charge is 2.25. The Morgan fingerprint density at radius 3 is 2.81 bits per heavy atom. The molecule has 1 aliphatic rings. The SMILES string of the molecule is Cc1nc(-c2cc(-c3cncc(C(=O)N4CC[C@@H](O)C4)c3)ccn2)[nH]c1C. The summed E-state index contributed by atoms with van der Waals surface area (Å²) in [5.74, 6) is 0.616. The van der Waals surface area contributed by atoms with E-state index in [4.69, 9.17) is 0 Å². The zero-order chi connectivity index (χ0) is 19.0. The Morgan fingerprint density at radius 2 is 2.11 bits per heavy atom. The second-order valence-electron chi connectivity index (χ2n) is 6.88. The van der Waals surface area contributed by atoms with Gasteiger partial charge in [-0.2, -0.15) is 0 Å². The Morgan fingerprint density at radius 1 is 1.26 bits per heavy atom. The van der Waals surface area contributed by atoms with Gasteiger partial charge in [-0.25, -0.2) is 4.98 Å². The molecule has 1 saturated heterocycles. The van der Waals surface area contributed by atoms with E-state index in [2.05, 4.69) is 19.9 Å². The first-order valence-electron chi connectivity index (χ1n) is 8.93. The minimum atomic E-state index is -0.437. The van der Waals surface area contributed by atoms with Gasteiger partial charge >= 0.3 is 0 Å². The average molecular weight is 363 g/mol. The number of aromatic amines is 1. The Kier molecular flexibility index (Phi) is 4.45. The van der Waals surface area contributed by atoms with Crippen LogP contribution in [-0.2, 0) is 0 Å². The monoisotopic (exact) mass is 363 g/mol. The second-order valence-corrected chi connectivity index (χ2v) is 6.88. The van der Waals surface area contributed by atoms with Gasteiger partial charge in [0.1, 0.15) is 5.69 Å². The summed E-state index contributed by atoms with van der Waals surface area (Å²) in [6.07, 6.45) is 5.20. The number of carbonyl (C=O) groups excluding carboxylic acids is 1. The first-order valence-corrected chi connectivity index (χ1v) is 8.93. The molecule has 0 aromatic carbocycles. The van der Waals surface area contributed by atoms with E-state index in [0.29, 0.717) is 25.1 Å². The van der Waals surface area contributed by atoms with Gasteiger partial charge in [0, 0.05) is 42.9 Å². The molecule has 0 spiro atoms. The van der Waals surface area contributed by atoms with Crippen LogP contribution in [0.15, 0.2) is 36.8 Å². The van der Waals surface area contributed by atoms with Crippen LogP contribution in [0.25, 0.3) is 22.6 Å². The molecule has 0 aliphatic carbocycles. The Balaban J connectivity index is 1.64. The fourth-order valence-corrected chi connectivity index (χ4v) is 3.23. The van der Waals surface area contributed by atoms with Gasteiger partial charge in [0.15, 0.2) is 5.82 Å². The number of aliphatic hydroxyl groups excluding tert-OH is 1. The predicted octanol–water partition coefficient (Wildman–Crippen LogP) is 2.36. The summed E-state index contributed by atoms with van der Waals surface area (Å²) in [5, 5.41) is 9.66. The van der Waals surface area contributed by atoms with Crippen LogP contribution in [0.2, 0.25) is 0 Å². The van der Waals surface area contributed by atoms with Gasteiger partial charge in [-0.3, -0.25) is 14.8 Å². The van der Waals surface area contributed by atoms with E-state index in [-0.39, 0.29) is 5.91 Å². The van der Waals surface area contributed by atoms with Crippen LogP contribution in [0.5, 0.6) is 0 Å². The van der Waals surface area contributed by atoms with Gasteiger partial charge in [-0.05, 0) is 44.0 Å². The smallest absolute Gasteiger partial charge is 0.255 e. The average Bonchev–Trinajstić information content (AvgIpc) is 3.27. The number of hydrogen-bond donors (Lipinski definition) is 2. The molecule has 27 heavy (non-hydrogen) atoms. The number of rotatable bonds is 3. The Bertz CT molecular complexity index is 978. The third-order valence-corrected chi connectivity index (χ3v) is 4.90. The van der Waals surface area contributed by atoms with Crippen molar-refractivity contribution in [2.45, 2.75) is 26.4 Å². The minimum absolute atomic E-state index is 0.104. The lowest BCUT2D eigenvalue weighted by molar-refractivity contribution is 0.0764. The maximum Gasteiger partial charge on any atom is 0.255 e. The van der Waals surface area contributed by atoms with Crippen molar-refractivity contribution < 1.29 is 9.90 Å². The Labute approximate surface area is 157 Å².